The van der Waals surface area contributed by atoms with Crippen LogP contribution in [0.25, 0.3) is 0 Å². The Hall–Kier alpha value is -2.40. The first-order valence-electron chi connectivity index (χ1n) is 11.8. The zero-order chi connectivity index (χ0) is 26.9. The number of anilines is 1. The summed E-state index contributed by atoms with van der Waals surface area (Å²) in [5, 5.41) is 10.1. The predicted molar refractivity (Wildman–Crippen MR) is 152 cm³/mol. The van der Waals surface area contributed by atoms with E-state index in [2.05, 4.69) is 22.6 Å². The number of ketones is 1. The summed E-state index contributed by atoms with van der Waals surface area (Å²) in [6, 6.07) is 10.3. The molecule has 1 aliphatic heterocycles. The van der Waals surface area contributed by atoms with Crippen molar-refractivity contribution in [3.8, 4) is 0 Å². The Morgan fingerprint density at radius 2 is 1.73 bits per heavy atom. The molecule has 3 atom stereocenters. The van der Waals surface area contributed by atoms with Crippen molar-refractivity contribution in [2.75, 3.05) is 12.3 Å². The van der Waals surface area contributed by atoms with Crippen LogP contribution in [-0.4, -0.2) is 45.2 Å². The Bertz CT molecular complexity index is 1300. The number of carbonyl (C=O) groups excluding carboxylic acids is 2. The van der Waals surface area contributed by atoms with Gasteiger partial charge in [-0.2, -0.15) is 0 Å². The number of benzene rings is 2. The lowest BCUT2D eigenvalue weighted by Crippen LogP contribution is -2.59. The number of fused-ring (bicyclic) bond motifs is 1. The van der Waals surface area contributed by atoms with E-state index in [0.717, 1.165) is 9.14 Å². The molecule has 0 saturated carbocycles. The monoisotopic (exact) mass is 653 g/mol. The van der Waals surface area contributed by atoms with Crippen molar-refractivity contribution in [1.29, 1.82) is 0 Å². The molecule has 194 valence electrons. The molecule has 2 aromatic carbocycles. The standard InChI is InChI=1S/C27H26Cl2IN3O4/c1-15(20-10-9-18(29)12-21(20)31)33-25(16-5-7-17(28)8-6-16)27(37)32(11-3-2-4-24(35)36)22-13-19(30)14-23(34)26(22)33/h5-10,12-15,25-26H,2-4,11,31H2,1H3,(H,35,36). The van der Waals surface area contributed by atoms with Gasteiger partial charge in [-0.05, 0) is 89.9 Å². The molecule has 1 saturated heterocycles. The number of rotatable bonds is 8. The molecule has 0 radical (unpaired) electrons. The molecule has 4 rings (SSSR count). The van der Waals surface area contributed by atoms with Crippen LogP contribution in [0.4, 0.5) is 5.69 Å². The number of carboxylic acids is 1. The van der Waals surface area contributed by atoms with Crippen LogP contribution in [0.5, 0.6) is 0 Å². The second kappa shape index (κ2) is 11.6. The summed E-state index contributed by atoms with van der Waals surface area (Å²) in [7, 11) is 0. The molecule has 2 aliphatic rings. The van der Waals surface area contributed by atoms with Gasteiger partial charge in [0.05, 0.1) is 0 Å². The highest BCUT2D eigenvalue weighted by Gasteiger charge is 2.50. The van der Waals surface area contributed by atoms with Gasteiger partial charge in [-0.25, -0.2) is 0 Å². The number of nitrogens with two attached hydrogens (primary N) is 1. The Kier molecular flexibility index (Phi) is 8.63. The fraction of sp³-hybridized carbons (Fsp3) is 0.296. The topological polar surface area (TPSA) is 104 Å². The van der Waals surface area contributed by atoms with E-state index < -0.39 is 24.1 Å². The SMILES string of the molecule is CC(c1ccc(Cl)cc1N)N1C2C(=O)C=C(I)C=C2N(CCCCC(=O)O)C(=O)C1c1ccc(Cl)cc1. The molecule has 3 N–H and O–H groups in total. The smallest absolute Gasteiger partial charge is 0.303 e. The molecule has 1 amide bonds. The highest BCUT2D eigenvalue weighted by atomic mass is 127. The van der Waals surface area contributed by atoms with Crippen LogP contribution in [0, 0.1) is 0 Å². The van der Waals surface area contributed by atoms with Crippen LogP contribution in [0.2, 0.25) is 10.0 Å². The van der Waals surface area contributed by atoms with Gasteiger partial charge in [-0.3, -0.25) is 19.3 Å². The molecule has 3 unspecified atom stereocenters. The third kappa shape index (κ3) is 5.87. The van der Waals surface area contributed by atoms with Crippen LogP contribution < -0.4 is 5.73 Å². The molecular formula is C27H26Cl2IN3O4. The first kappa shape index (κ1) is 27.6. The van der Waals surface area contributed by atoms with Crippen molar-refractivity contribution in [3.63, 3.8) is 0 Å². The number of carboxylic acid groups (broad SMARTS) is 1. The molecule has 0 aromatic heterocycles. The van der Waals surface area contributed by atoms with Gasteiger partial charge in [0.15, 0.2) is 5.78 Å². The lowest BCUT2D eigenvalue weighted by atomic mass is 9.87. The van der Waals surface area contributed by atoms with Crippen LogP contribution in [-0.2, 0) is 14.4 Å². The highest BCUT2D eigenvalue weighted by Crippen LogP contribution is 2.45. The van der Waals surface area contributed by atoms with Crippen molar-refractivity contribution in [3.05, 3.63) is 85.1 Å². The van der Waals surface area contributed by atoms with E-state index in [-0.39, 0.29) is 18.1 Å². The summed E-state index contributed by atoms with van der Waals surface area (Å²) in [5.74, 6) is -1.21. The van der Waals surface area contributed by atoms with Crippen LogP contribution in [0.3, 0.4) is 0 Å². The summed E-state index contributed by atoms with van der Waals surface area (Å²) in [6.07, 6.45) is 4.36. The van der Waals surface area contributed by atoms with Gasteiger partial charge in [0.25, 0.3) is 0 Å². The van der Waals surface area contributed by atoms with Gasteiger partial charge >= 0.3 is 5.97 Å². The molecule has 37 heavy (non-hydrogen) atoms. The Morgan fingerprint density at radius 3 is 2.38 bits per heavy atom. The molecule has 10 heteroatoms. The summed E-state index contributed by atoms with van der Waals surface area (Å²) >= 11 is 14.4. The number of hydrogen-bond acceptors (Lipinski definition) is 5. The van der Waals surface area contributed by atoms with Gasteiger partial charge in [-0.1, -0.05) is 41.4 Å². The molecule has 1 aliphatic carbocycles. The van der Waals surface area contributed by atoms with Gasteiger partial charge in [0.2, 0.25) is 5.91 Å². The summed E-state index contributed by atoms with van der Waals surface area (Å²) in [4.78, 5) is 42.3. The molecule has 0 spiro atoms. The number of halogens is 3. The van der Waals surface area contributed by atoms with Crippen LogP contribution in [0.15, 0.2) is 63.9 Å². The van der Waals surface area contributed by atoms with E-state index >= 15 is 0 Å². The van der Waals surface area contributed by atoms with E-state index in [4.69, 9.17) is 34.0 Å². The second-order valence-electron chi connectivity index (χ2n) is 9.09. The van der Waals surface area contributed by atoms with Crippen molar-refractivity contribution < 1.29 is 19.5 Å². The van der Waals surface area contributed by atoms with Crippen molar-refractivity contribution in [2.45, 2.75) is 44.3 Å². The molecule has 2 aromatic rings. The zero-order valence-electron chi connectivity index (χ0n) is 20.0. The maximum absolute atomic E-state index is 14.2. The third-order valence-corrected chi connectivity index (χ3v) is 7.79. The number of allylic oxidation sites excluding steroid dienone is 2. The highest BCUT2D eigenvalue weighted by molar-refractivity contribution is 14.1. The van der Waals surface area contributed by atoms with Crippen molar-refractivity contribution in [2.24, 2.45) is 0 Å². The van der Waals surface area contributed by atoms with Gasteiger partial charge in [-0.15, -0.1) is 0 Å². The normalized spacial score (nSPS) is 20.8. The van der Waals surface area contributed by atoms with Gasteiger partial charge in [0.1, 0.15) is 12.1 Å². The van der Waals surface area contributed by atoms with Crippen molar-refractivity contribution >= 4 is 69.1 Å². The number of piperazine rings is 1. The minimum atomic E-state index is -0.882. The van der Waals surface area contributed by atoms with E-state index in [1.54, 1.807) is 47.4 Å². The minimum absolute atomic E-state index is 0.0144. The van der Waals surface area contributed by atoms with E-state index in [0.29, 0.717) is 46.4 Å². The third-order valence-electron chi connectivity index (χ3n) is 6.68. The van der Waals surface area contributed by atoms with E-state index in [9.17, 15) is 14.4 Å². The summed E-state index contributed by atoms with van der Waals surface area (Å²) in [5.41, 5.74) is 8.84. The number of nitrogens with zero attached hydrogens (tertiary/aromatic N) is 2. The molecular weight excluding hydrogens is 628 g/mol. The number of unbranched alkanes of at least 4 members (excludes halogenated alkanes) is 1. The fourth-order valence-corrected chi connectivity index (χ4v) is 5.91. The fourth-order valence-electron chi connectivity index (χ4n) is 4.98. The molecule has 0 bridgehead atoms. The van der Waals surface area contributed by atoms with Crippen molar-refractivity contribution in [1.82, 2.24) is 9.80 Å². The maximum Gasteiger partial charge on any atom is 0.303 e. The summed E-state index contributed by atoms with van der Waals surface area (Å²) in [6.45, 7) is 2.23. The Morgan fingerprint density at radius 1 is 1.05 bits per heavy atom. The number of hydrogen-bond donors (Lipinski definition) is 2. The average Bonchev–Trinajstić information content (AvgIpc) is 2.82. The van der Waals surface area contributed by atoms with Gasteiger partial charge in [0, 0.05) is 44.0 Å². The van der Waals surface area contributed by atoms with E-state index in [1.165, 1.54) is 0 Å². The minimum Gasteiger partial charge on any atom is -0.481 e. The lowest BCUT2D eigenvalue weighted by molar-refractivity contribution is -0.146. The number of amides is 1. The van der Waals surface area contributed by atoms with Crippen LogP contribution >= 0.6 is 45.8 Å². The lowest BCUT2D eigenvalue weighted by Gasteiger charge is -2.50. The number of carbonyl (C=O) groups is 3. The maximum atomic E-state index is 14.2. The largest absolute Gasteiger partial charge is 0.481 e. The second-order valence-corrected chi connectivity index (χ2v) is 11.2. The van der Waals surface area contributed by atoms with E-state index in [1.807, 2.05) is 24.0 Å². The molecule has 7 nitrogen and oxygen atoms in total. The average molecular weight is 654 g/mol. The number of nitrogen functional groups attached to an aromatic ring is 1. The number of aliphatic carboxylic acids is 1. The van der Waals surface area contributed by atoms with Gasteiger partial charge < -0.3 is 15.7 Å². The first-order valence-corrected chi connectivity index (χ1v) is 13.7. The molecule has 1 heterocycles. The Balaban J connectivity index is 1.83. The molecule has 1 fully saturated rings. The quantitative estimate of drug-likeness (QED) is 0.208. The predicted octanol–water partition coefficient (Wildman–Crippen LogP) is 5.93. The zero-order valence-corrected chi connectivity index (χ0v) is 23.7. The van der Waals surface area contributed by atoms with Crippen LogP contribution in [0.1, 0.15) is 49.4 Å². The summed E-state index contributed by atoms with van der Waals surface area (Å²) < 4.78 is 0.723. The Labute approximate surface area is 239 Å². The first-order chi connectivity index (χ1) is 17.6.